The number of fused-ring (bicyclic) bond motifs is 1. The molecule has 146 valence electrons. The van der Waals surface area contributed by atoms with Crippen LogP contribution < -0.4 is 10.2 Å². The van der Waals surface area contributed by atoms with Crippen LogP contribution in [0.15, 0.2) is 72.8 Å². The summed E-state index contributed by atoms with van der Waals surface area (Å²) in [4.78, 5) is 12.0. The van der Waals surface area contributed by atoms with E-state index < -0.39 is 22.0 Å². The summed E-state index contributed by atoms with van der Waals surface area (Å²) in [5.74, 6) is -1.03. The Labute approximate surface area is 164 Å². The van der Waals surface area contributed by atoms with Gasteiger partial charge in [-0.3, -0.25) is 10.0 Å². The van der Waals surface area contributed by atoms with E-state index in [4.69, 9.17) is 5.21 Å². The molecule has 0 saturated carbocycles. The topological polar surface area (TPSA) is 95.5 Å². The first-order chi connectivity index (χ1) is 13.5. The zero-order valence-electron chi connectivity index (χ0n) is 15.2. The van der Waals surface area contributed by atoms with Gasteiger partial charge in [0.25, 0.3) is 5.91 Å². The Morgan fingerprint density at radius 1 is 0.893 bits per heavy atom. The van der Waals surface area contributed by atoms with Gasteiger partial charge < -0.3 is 0 Å². The average Bonchev–Trinajstić information content (AvgIpc) is 2.70. The van der Waals surface area contributed by atoms with Crippen LogP contribution >= 0.6 is 0 Å². The molecule has 7 heteroatoms. The summed E-state index contributed by atoms with van der Waals surface area (Å²) in [7, 11) is -3.78. The predicted molar refractivity (Wildman–Crippen MR) is 108 cm³/mol. The van der Waals surface area contributed by atoms with Crippen molar-refractivity contribution in [2.24, 2.45) is 0 Å². The summed E-state index contributed by atoms with van der Waals surface area (Å²) in [5, 5.41) is 10.9. The third kappa shape index (κ3) is 5.39. The minimum absolute atomic E-state index is 0.230. The van der Waals surface area contributed by atoms with Crippen molar-refractivity contribution in [3.63, 3.8) is 0 Å². The SMILES string of the molecule is O=C(NO)[C@@H](CCc1ccccc1)NS(=O)(=O)Cc1ccc2ccccc2c1. The molecule has 3 aromatic carbocycles. The Morgan fingerprint density at radius 3 is 2.29 bits per heavy atom. The number of hydrogen-bond acceptors (Lipinski definition) is 4. The van der Waals surface area contributed by atoms with Crippen LogP contribution in [-0.2, 0) is 27.0 Å². The minimum atomic E-state index is -3.78. The van der Waals surface area contributed by atoms with E-state index in [1.54, 1.807) is 11.5 Å². The Morgan fingerprint density at radius 2 is 1.57 bits per heavy atom. The zero-order chi connectivity index (χ0) is 20.0. The summed E-state index contributed by atoms with van der Waals surface area (Å²) in [6, 6.07) is 21.5. The first-order valence-electron chi connectivity index (χ1n) is 8.92. The van der Waals surface area contributed by atoms with E-state index in [1.807, 2.05) is 66.7 Å². The average molecular weight is 398 g/mol. The lowest BCUT2D eigenvalue weighted by Gasteiger charge is -2.17. The van der Waals surface area contributed by atoms with Crippen LogP contribution in [-0.4, -0.2) is 25.6 Å². The lowest BCUT2D eigenvalue weighted by molar-refractivity contribution is -0.131. The Bertz CT molecular complexity index is 1050. The highest BCUT2D eigenvalue weighted by atomic mass is 32.2. The predicted octanol–water partition coefficient (Wildman–Crippen LogP) is 2.77. The molecule has 0 fully saturated rings. The van der Waals surface area contributed by atoms with Crippen molar-refractivity contribution in [2.45, 2.75) is 24.6 Å². The third-order valence-electron chi connectivity index (χ3n) is 4.48. The molecular formula is C21H22N2O4S. The number of carbonyl (C=O) groups excluding carboxylic acids is 1. The molecular weight excluding hydrogens is 376 g/mol. The van der Waals surface area contributed by atoms with Crippen molar-refractivity contribution >= 4 is 26.7 Å². The molecule has 0 aliphatic rings. The molecule has 0 spiro atoms. The Hall–Kier alpha value is -2.74. The minimum Gasteiger partial charge on any atom is -0.289 e. The van der Waals surface area contributed by atoms with Crippen LogP contribution in [0, 0.1) is 0 Å². The molecule has 1 amide bonds. The number of aryl methyl sites for hydroxylation is 1. The monoisotopic (exact) mass is 398 g/mol. The highest BCUT2D eigenvalue weighted by Gasteiger charge is 2.24. The fourth-order valence-corrected chi connectivity index (χ4v) is 4.44. The van der Waals surface area contributed by atoms with E-state index in [-0.39, 0.29) is 12.2 Å². The van der Waals surface area contributed by atoms with E-state index in [0.717, 1.165) is 16.3 Å². The quantitative estimate of drug-likeness (QED) is 0.402. The Balaban J connectivity index is 1.71. The normalized spacial score (nSPS) is 12.6. The standard InChI is InChI=1S/C21H22N2O4S/c24-21(22-25)20(13-11-16-6-2-1-3-7-16)23-28(26,27)15-17-10-12-18-8-4-5-9-19(18)14-17/h1-10,12,14,20,23,25H,11,13,15H2,(H,22,24)/t20-/m1/s1. The van der Waals surface area contributed by atoms with Crippen LogP contribution in [0.25, 0.3) is 10.8 Å². The first kappa shape index (κ1) is 20.0. The number of rotatable bonds is 8. The molecule has 0 saturated heterocycles. The summed E-state index contributed by atoms with van der Waals surface area (Å²) >= 11 is 0. The fraction of sp³-hybridized carbons (Fsp3) is 0.190. The van der Waals surface area contributed by atoms with E-state index >= 15 is 0 Å². The van der Waals surface area contributed by atoms with Crippen LogP contribution in [0.5, 0.6) is 0 Å². The molecule has 28 heavy (non-hydrogen) atoms. The molecule has 1 atom stereocenters. The van der Waals surface area contributed by atoms with E-state index in [1.165, 1.54) is 0 Å². The molecule has 6 nitrogen and oxygen atoms in total. The summed E-state index contributed by atoms with van der Waals surface area (Å²) in [6.07, 6.45) is 0.727. The maximum atomic E-state index is 12.6. The number of carbonyl (C=O) groups is 1. The molecule has 0 aliphatic carbocycles. The van der Waals surface area contributed by atoms with Crippen LogP contribution in [0.4, 0.5) is 0 Å². The molecule has 0 aromatic heterocycles. The summed E-state index contributed by atoms with van der Waals surface area (Å²) < 4.78 is 27.6. The smallest absolute Gasteiger partial charge is 0.261 e. The maximum absolute atomic E-state index is 12.6. The summed E-state index contributed by atoms with van der Waals surface area (Å²) in [6.45, 7) is 0. The van der Waals surface area contributed by atoms with Crippen molar-refractivity contribution in [1.29, 1.82) is 0 Å². The largest absolute Gasteiger partial charge is 0.289 e. The third-order valence-corrected chi connectivity index (χ3v) is 5.84. The van der Waals surface area contributed by atoms with Gasteiger partial charge in [0.05, 0.1) is 5.75 Å². The number of sulfonamides is 1. The Kier molecular flexibility index (Phi) is 6.41. The molecule has 0 radical (unpaired) electrons. The van der Waals surface area contributed by atoms with Crippen molar-refractivity contribution in [3.8, 4) is 0 Å². The molecule has 0 bridgehead atoms. The van der Waals surface area contributed by atoms with Gasteiger partial charge in [-0.25, -0.2) is 18.6 Å². The second kappa shape index (κ2) is 8.97. The number of hydrogen-bond donors (Lipinski definition) is 3. The number of nitrogens with one attached hydrogen (secondary N) is 2. The lowest BCUT2D eigenvalue weighted by Crippen LogP contribution is -2.46. The lowest BCUT2D eigenvalue weighted by atomic mass is 10.1. The molecule has 0 unspecified atom stereocenters. The molecule has 3 N–H and O–H groups in total. The van der Waals surface area contributed by atoms with Crippen LogP contribution in [0.2, 0.25) is 0 Å². The summed E-state index contributed by atoms with van der Waals surface area (Å²) in [5.41, 5.74) is 3.15. The second-order valence-electron chi connectivity index (χ2n) is 6.61. The van der Waals surface area contributed by atoms with Crippen molar-refractivity contribution in [1.82, 2.24) is 10.2 Å². The molecule has 0 aliphatic heterocycles. The number of hydroxylamine groups is 1. The number of benzene rings is 3. The van der Waals surface area contributed by atoms with E-state index in [0.29, 0.717) is 12.0 Å². The highest BCUT2D eigenvalue weighted by molar-refractivity contribution is 7.88. The molecule has 3 aromatic rings. The highest BCUT2D eigenvalue weighted by Crippen LogP contribution is 2.17. The van der Waals surface area contributed by atoms with Gasteiger partial charge in [-0.05, 0) is 34.7 Å². The van der Waals surface area contributed by atoms with Crippen LogP contribution in [0.3, 0.4) is 0 Å². The van der Waals surface area contributed by atoms with Gasteiger partial charge in [0, 0.05) is 0 Å². The van der Waals surface area contributed by atoms with Crippen molar-refractivity contribution in [2.75, 3.05) is 0 Å². The van der Waals surface area contributed by atoms with Gasteiger partial charge in [0.2, 0.25) is 10.0 Å². The van der Waals surface area contributed by atoms with Gasteiger partial charge in [-0.15, -0.1) is 0 Å². The molecule has 0 heterocycles. The maximum Gasteiger partial charge on any atom is 0.261 e. The van der Waals surface area contributed by atoms with Gasteiger partial charge in [-0.2, -0.15) is 0 Å². The zero-order valence-corrected chi connectivity index (χ0v) is 16.0. The fourth-order valence-electron chi connectivity index (χ4n) is 3.08. The first-order valence-corrected chi connectivity index (χ1v) is 10.6. The van der Waals surface area contributed by atoms with Crippen molar-refractivity contribution < 1.29 is 18.4 Å². The van der Waals surface area contributed by atoms with Gasteiger partial charge >= 0.3 is 0 Å². The van der Waals surface area contributed by atoms with Gasteiger partial charge in [0.1, 0.15) is 6.04 Å². The van der Waals surface area contributed by atoms with E-state index in [9.17, 15) is 13.2 Å². The van der Waals surface area contributed by atoms with Crippen LogP contribution in [0.1, 0.15) is 17.5 Å². The molecule has 3 rings (SSSR count). The number of amides is 1. The van der Waals surface area contributed by atoms with E-state index in [2.05, 4.69) is 4.72 Å². The second-order valence-corrected chi connectivity index (χ2v) is 8.37. The van der Waals surface area contributed by atoms with Gasteiger partial charge in [-0.1, -0.05) is 72.8 Å². The van der Waals surface area contributed by atoms with Gasteiger partial charge in [0.15, 0.2) is 0 Å². The van der Waals surface area contributed by atoms with Crippen molar-refractivity contribution in [3.05, 3.63) is 83.9 Å².